The van der Waals surface area contributed by atoms with Gasteiger partial charge in [0.25, 0.3) is 17.6 Å². The van der Waals surface area contributed by atoms with Crippen molar-refractivity contribution in [3.8, 4) is 5.75 Å². The lowest BCUT2D eigenvalue weighted by molar-refractivity contribution is -0.169. The Morgan fingerprint density at radius 2 is 2.03 bits per heavy atom. The van der Waals surface area contributed by atoms with E-state index in [1.165, 1.54) is 30.1 Å². The number of ether oxygens (including phenoxy) is 1. The summed E-state index contributed by atoms with van der Waals surface area (Å²) in [6.45, 7) is 2.23. The minimum Gasteiger partial charge on any atom is -0.432 e. The highest BCUT2D eigenvalue weighted by Gasteiger charge is 2.32. The van der Waals surface area contributed by atoms with Crippen LogP contribution in [0.15, 0.2) is 40.0 Å². The predicted molar refractivity (Wildman–Crippen MR) is 137 cm³/mol. The van der Waals surface area contributed by atoms with Crippen molar-refractivity contribution >= 4 is 46.9 Å². The maximum Gasteiger partial charge on any atom is 0.549 e. The predicted octanol–water partition coefficient (Wildman–Crippen LogP) is 3.81. The highest BCUT2D eigenvalue weighted by Crippen LogP contribution is 2.29. The molecule has 1 aliphatic heterocycles. The van der Waals surface area contributed by atoms with Gasteiger partial charge in [-0.3, -0.25) is 23.8 Å². The number of hydrogen-bond donors (Lipinski definition) is 1. The Kier molecular flexibility index (Phi) is 8.72. The number of aromatic nitrogens is 3. The molecule has 15 heteroatoms. The van der Waals surface area contributed by atoms with Crippen LogP contribution in [-0.4, -0.2) is 57.3 Å². The van der Waals surface area contributed by atoms with Crippen LogP contribution >= 0.6 is 23.2 Å². The Bertz CT molecular complexity index is 1440. The van der Waals surface area contributed by atoms with E-state index in [4.69, 9.17) is 32.6 Å². The van der Waals surface area contributed by atoms with Gasteiger partial charge in [0.2, 0.25) is 0 Å². The molecule has 1 N–H and O–H groups in total. The third-order valence-corrected chi connectivity index (χ3v) is 6.62. The molecule has 4 rings (SSSR count). The van der Waals surface area contributed by atoms with Crippen molar-refractivity contribution in [2.75, 3.05) is 25.0 Å². The molecule has 3 heterocycles. The van der Waals surface area contributed by atoms with E-state index in [9.17, 15) is 19.2 Å². The number of piperidine rings is 1. The lowest BCUT2D eigenvalue weighted by Crippen LogP contribution is -2.41. The van der Waals surface area contributed by atoms with Crippen LogP contribution in [0.3, 0.4) is 0 Å². The van der Waals surface area contributed by atoms with Crippen LogP contribution in [0.2, 0.25) is 10.0 Å². The fourth-order valence-electron chi connectivity index (χ4n) is 4.05. The van der Waals surface area contributed by atoms with Crippen LogP contribution in [0.25, 0.3) is 0 Å². The topological polar surface area (TPSA) is 155 Å². The van der Waals surface area contributed by atoms with Crippen molar-refractivity contribution in [3.63, 3.8) is 0 Å². The Balaban J connectivity index is 1.66. The number of rotatable bonds is 7. The Hall–Kier alpha value is -4.10. The van der Waals surface area contributed by atoms with E-state index in [1.54, 1.807) is 24.0 Å². The summed E-state index contributed by atoms with van der Waals surface area (Å²) in [5.74, 6) is -1.94. The number of benzene rings is 1. The number of anilines is 1. The van der Waals surface area contributed by atoms with E-state index in [1.807, 2.05) is 0 Å². The Morgan fingerprint density at radius 1 is 1.23 bits per heavy atom. The molecule has 1 aliphatic rings. The van der Waals surface area contributed by atoms with Crippen LogP contribution in [-0.2, 0) is 16.7 Å². The van der Waals surface area contributed by atoms with Crippen molar-refractivity contribution in [1.82, 2.24) is 19.6 Å². The quantitative estimate of drug-likeness (QED) is 0.248. The minimum atomic E-state index is -1.21. The molecule has 0 saturated carbocycles. The monoisotopic (exact) mass is 579 g/mol. The molecule has 0 spiro atoms. The van der Waals surface area contributed by atoms with Crippen molar-refractivity contribution < 1.29 is 33.4 Å². The molecule has 1 fully saturated rings. The first-order chi connectivity index (χ1) is 18.7. The van der Waals surface area contributed by atoms with Gasteiger partial charge in [0.15, 0.2) is 5.69 Å². The van der Waals surface area contributed by atoms with E-state index in [2.05, 4.69) is 25.1 Å². The molecule has 1 saturated heterocycles. The zero-order chi connectivity index (χ0) is 28.1. The lowest BCUT2D eigenvalue weighted by atomic mass is 9.96. The molecule has 39 heavy (non-hydrogen) atoms. The summed E-state index contributed by atoms with van der Waals surface area (Å²) in [5.41, 5.74) is -0.697. The number of carbonyl (C=O) groups excluding carboxylic acids is 3. The first-order valence-electron chi connectivity index (χ1n) is 11.8. The number of hydrogen-bond acceptors (Lipinski definition) is 10. The molecule has 0 radical (unpaired) electrons. The smallest absolute Gasteiger partial charge is 0.432 e. The molecular weight excluding hydrogens is 557 g/mol. The number of nitrogens with zero attached hydrogens (tertiary/aromatic N) is 4. The highest BCUT2D eigenvalue weighted by molar-refractivity contribution is 6.42. The lowest BCUT2D eigenvalue weighted by Gasteiger charge is -2.33. The maximum atomic E-state index is 13.3. The molecule has 2 amide bonds. The SMILES string of the molecule is CCOC(=O)OOc1c(C(=O)Nc2cnoc2)nc([C@@H]2CCCN(C(=O)c3ccc(Cl)c(Cl)c3)C2)n(C)c1=O. The molecular formula is C24H23Cl2N5O8. The number of carbonyl (C=O) groups is 3. The second kappa shape index (κ2) is 12.2. The van der Waals surface area contributed by atoms with Gasteiger partial charge in [-0.15, -0.1) is 0 Å². The standard InChI is InChI=1S/C24H23Cl2N5O8/c1-3-36-24(35)39-38-19-18(21(32)28-15-10-27-37-12-15)29-20(30(2)23(19)34)14-5-4-8-31(11-14)22(33)13-6-7-16(25)17(26)9-13/h6-7,9-10,12,14H,3-5,8,11H2,1-2H3,(H,28,32)/t14-/m1/s1. The summed E-state index contributed by atoms with van der Waals surface area (Å²) in [6.07, 6.45) is 2.39. The molecule has 206 valence electrons. The van der Waals surface area contributed by atoms with Crippen molar-refractivity contribution in [2.24, 2.45) is 7.05 Å². The zero-order valence-corrected chi connectivity index (χ0v) is 22.3. The molecule has 0 unspecified atom stereocenters. The number of amides is 2. The molecule has 0 bridgehead atoms. The number of nitrogens with one attached hydrogen (secondary N) is 1. The Labute approximate surface area is 231 Å². The van der Waals surface area contributed by atoms with Crippen molar-refractivity contribution in [3.05, 3.63) is 68.1 Å². The highest BCUT2D eigenvalue weighted by atomic mass is 35.5. The van der Waals surface area contributed by atoms with Crippen LogP contribution < -0.4 is 15.8 Å². The molecule has 1 aromatic carbocycles. The van der Waals surface area contributed by atoms with Crippen LogP contribution in [0, 0.1) is 0 Å². The molecule has 3 aromatic rings. The first kappa shape index (κ1) is 27.9. The van der Waals surface area contributed by atoms with Gasteiger partial charge in [-0.1, -0.05) is 28.4 Å². The zero-order valence-electron chi connectivity index (χ0n) is 20.8. The van der Waals surface area contributed by atoms with Gasteiger partial charge in [0.05, 0.1) is 22.8 Å². The van der Waals surface area contributed by atoms with E-state index < -0.39 is 35.0 Å². The molecule has 1 atom stereocenters. The normalized spacial score (nSPS) is 15.0. The molecule has 2 aromatic heterocycles. The summed E-state index contributed by atoms with van der Waals surface area (Å²) in [6, 6.07) is 4.62. The van der Waals surface area contributed by atoms with E-state index in [0.717, 1.165) is 0 Å². The van der Waals surface area contributed by atoms with E-state index in [-0.39, 0.29) is 35.6 Å². The summed E-state index contributed by atoms with van der Waals surface area (Å²) >= 11 is 12.1. The average Bonchev–Trinajstić information content (AvgIpc) is 3.43. The van der Waals surface area contributed by atoms with Gasteiger partial charge in [-0.25, -0.2) is 9.87 Å². The number of halogens is 2. The second-order valence-corrected chi connectivity index (χ2v) is 9.26. The Morgan fingerprint density at radius 3 is 2.72 bits per heavy atom. The van der Waals surface area contributed by atoms with Crippen LogP contribution in [0.5, 0.6) is 5.75 Å². The van der Waals surface area contributed by atoms with E-state index >= 15 is 0 Å². The fraction of sp³-hybridized carbons (Fsp3) is 0.333. The van der Waals surface area contributed by atoms with Gasteiger partial charge >= 0.3 is 11.7 Å². The van der Waals surface area contributed by atoms with E-state index in [0.29, 0.717) is 30.0 Å². The molecule has 13 nitrogen and oxygen atoms in total. The average molecular weight is 580 g/mol. The minimum absolute atomic E-state index is 0.00263. The third-order valence-electron chi connectivity index (χ3n) is 5.88. The van der Waals surface area contributed by atoms with Crippen molar-refractivity contribution in [2.45, 2.75) is 25.7 Å². The molecule has 0 aliphatic carbocycles. The van der Waals surface area contributed by atoms with Crippen molar-refractivity contribution in [1.29, 1.82) is 0 Å². The van der Waals surface area contributed by atoms with Gasteiger partial charge in [-0.05, 0) is 38.0 Å². The van der Waals surface area contributed by atoms with Crippen LogP contribution in [0.1, 0.15) is 52.4 Å². The van der Waals surface area contributed by atoms with Gasteiger partial charge in [0.1, 0.15) is 17.8 Å². The second-order valence-electron chi connectivity index (χ2n) is 8.45. The largest absolute Gasteiger partial charge is 0.549 e. The first-order valence-corrected chi connectivity index (χ1v) is 12.5. The van der Waals surface area contributed by atoms with Crippen LogP contribution in [0.4, 0.5) is 10.5 Å². The number of likely N-dealkylation sites (tertiary alicyclic amines) is 1. The third kappa shape index (κ3) is 6.32. The fourth-order valence-corrected chi connectivity index (χ4v) is 4.35. The summed E-state index contributed by atoms with van der Waals surface area (Å²) in [7, 11) is 1.43. The van der Waals surface area contributed by atoms with Gasteiger partial charge in [-0.2, -0.15) is 4.79 Å². The summed E-state index contributed by atoms with van der Waals surface area (Å²) in [5, 5.41) is 6.57. The van der Waals surface area contributed by atoms with Gasteiger partial charge < -0.3 is 19.5 Å². The maximum absolute atomic E-state index is 13.3. The summed E-state index contributed by atoms with van der Waals surface area (Å²) < 4.78 is 10.5. The van der Waals surface area contributed by atoms with Gasteiger partial charge in [0, 0.05) is 31.6 Å². The summed E-state index contributed by atoms with van der Waals surface area (Å²) in [4.78, 5) is 66.7.